The number of furan rings is 1. The van der Waals surface area contributed by atoms with Crippen LogP contribution in [-0.4, -0.2) is 0 Å². The van der Waals surface area contributed by atoms with Crippen LogP contribution in [0.1, 0.15) is 0 Å². The molecule has 280 valence electrons. The topological polar surface area (TPSA) is 16.4 Å². The van der Waals surface area contributed by atoms with E-state index in [0.717, 1.165) is 50.1 Å². The molecule has 11 aromatic carbocycles. The van der Waals surface area contributed by atoms with Gasteiger partial charge in [-0.15, -0.1) is 0 Å². The molecule has 0 N–H and O–H groups in total. The molecule has 0 fully saturated rings. The highest BCUT2D eigenvalue weighted by Crippen LogP contribution is 2.47. The van der Waals surface area contributed by atoms with Crippen molar-refractivity contribution in [1.29, 1.82) is 0 Å². The minimum atomic E-state index is 0.866. The molecule has 60 heavy (non-hydrogen) atoms. The summed E-state index contributed by atoms with van der Waals surface area (Å²) in [6.07, 6.45) is 0. The minimum Gasteiger partial charge on any atom is -0.455 e. The van der Waals surface area contributed by atoms with Gasteiger partial charge in [0.25, 0.3) is 0 Å². The van der Waals surface area contributed by atoms with E-state index in [1.165, 1.54) is 65.3 Å². The molecule has 0 unspecified atom stereocenters. The summed E-state index contributed by atoms with van der Waals surface area (Å²) in [4.78, 5) is 2.41. The Labute approximate surface area is 347 Å². The zero-order valence-corrected chi connectivity index (χ0v) is 32.7. The fourth-order valence-electron chi connectivity index (χ4n) is 9.35. The molecule has 1 aromatic heterocycles. The molecule has 0 bridgehead atoms. The molecular weight excluding hydrogens is 727 g/mol. The molecule has 0 radical (unpaired) electrons. The molecule has 0 atom stereocenters. The van der Waals surface area contributed by atoms with Crippen LogP contribution in [0.2, 0.25) is 0 Å². The number of benzene rings is 11. The molecule has 2 heteroatoms. The average molecular weight is 764 g/mol. The van der Waals surface area contributed by atoms with Gasteiger partial charge in [0.1, 0.15) is 11.2 Å². The number of anilines is 3. The maximum absolute atomic E-state index is 6.86. The molecular formula is C58H37NO. The van der Waals surface area contributed by atoms with Gasteiger partial charge in [0.2, 0.25) is 0 Å². The first kappa shape index (κ1) is 34.1. The van der Waals surface area contributed by atoms with E-state index in [2.05, 4.69) is 229 Å². The Morgan fingerprint density at radius 2 is 0.833 bits per heavy atom. The normalized spacial score (nSPS) is 11.7. The molecule has 0 aliphatic rings. The van der Waals surface area contributed by atoms with Crippen molar-refractivity contribution >= 4 is 82.1 Å². The number of para-hydroxylation sites is 1. The van der Waals surface area contributed by atoms with Crippen LogP contribution in [0.4, 0.5) is 17.1 Å². The Balaban J connectivity index is 1.06. The summed E-state index contributed by atoms with van der Waals surface area (Å²) >= 11 is 0. The molecule has 12 aromatic rings. The van der Waals surface area contributed by atoms with E-state index in [9.17, 15) is 0 Å². The van der Waals surface area contributed by atoms with E-state index in [0.29, 0.717) is 0 Å². The third-order valence-corrected chi connectivity index (χ3v) is 12.2. The van der Waals surface area contributed by atoms with E-state index >= 15 is 0 Å². The van der Waals surface area contributed by atoms with Crippen LogP contribution in [0, 0.1) is 0 Å². The van der Waals surface area contributed by atoms with Gasteiger partial charge in [-0.1, -0.05) is 176 Å². The van der Waals surface area contributed by atoms with E-state index in [4.69, 9.17) is 4.42 Å². The fraction of sp³-hybridized carbons (Fsp3) is 0. The third kappa shape index (κ3) is 5.57. The van der Waals surface area contributed by atoms with Gasteiger partial charge in [0.15, 0.2) is 0 Å². The summed E-state index contributed by atoms with van der Waals surface area (Å²) in [5.74, 6) is 0. The number of hydrogen-bond acceptors (Lipinski definition) is 2. The van der Waals surface area contributed by atoms with Crippen molar-refractivity contribution in [2.45, 2.75) is 0 Å². The maximum Gasteiger partial charge on any atom is 0.145 e. The molecule has 2 nitrogen and oxygen atoms in total. The van der Waals surface area contributed by atoms with Gasteiger partial charge in [-0.05, 0) is 119 Å². The summed E-state index contributed by atoms with van der Waals surface area (Å²) in [6.45, 7) is 0. The minimum absolute atomic E-state index is 0.866. The van der Waals surface area contributed by atoms with E-state index in [-0.39, 0.29) is 0 Å². The van der Waals surface area contributed by atoms with E-state index < -0.39 is 0 Å². The second kappa shape index (κ2) is 13.9. The highest BCUT2D eigenvalue weighted by atomic mass is 16.3. The lowest BCUT2D eigenvalue weighted by atomic mass is 9.93. The zero-order chi connectivity index (χ0) is 39.6. The lowest BCUT2D eigenvalue weighted by Gasteiger charge is -2.27. The SMILES string of the molecule is c1ccc(-c2ccc(-c3ccc(N(c4ccc(-c5cc6ccccc6c6ccccc56)cc4)c4ccc5c(ccc6ccccc65)c4)c4c3oc3ccccc34)cc2)cc1. The van der Waals surface area contributed by atoms with Crippen LogP contribution < -0.4 is 4.90 Å². The van der Waals surface area contributed by atoms with Crippen molar-refractivity contribution in [2.75, 3.05) is 4.90 Å². The summed E-state index contributed by atoms with van der Waals surface area (Å²) < 4.78 is 6.86. The lowest BCUT2D eigenvalue weighted by molar-refractivity contribution is 0.670. The Hall–Kier alpha value is -7.94. The monoisotopic (exact) mass is 763 g/mol. The second-order valence-corrected chi connectivity index (χ2v) is 15.6. The van der Waals surface area contributed by atoms with Gasteiger partial charge in [0, 0.05) is 22.3 Å². The first-order chi connectivity index (χ1) is 29.7. The lowest BCUT2D eigenvalue weighted by Crippen LogP contribution is -2.10. The van der Waals surface area contributed by atoms with Crippen molar-refractivity contribution in [1.82, 2.24) is 0 Å². The number of rotatable bonds is 6. The third-order valence-electron chi connectivity index (χ3n) is 12.2. The summed E-state index contributed by atoms with van der Waals surface area (Å²) in [5, 5.41) is 12.1. The molecule has 0 amide bonds. The van der Waals surface area contributed by atoms with Crippen LogP contribution >= 0.6 is 0 Å². The molecule has 1 heterocycles. The summed E-state index contributed by atoms with van der Waals surface area (Å²) in [7, 11) is 0. The Morgan fingerprint density at radius 3 is 1.63 bits per heavy atom. The van der Waals surface area contributed by atoms with Crippen LogP contribution in [0.3, 0.4) is 0 Å². The highest BCUT2D eigenvalue weighted by molar-refractivity contribution is 6.18. The first-order valence-electron chi connectivity index (χ1n) is 20.6. The largest absolute Gasteiger partial charge is 0.455 e. The Morgan fingerprint density at radius 1 is 0.300 bits per heavy atom. The second-order valence-electron chi connectivity index (χ2n) is 15.6. The maximum atomic E-state index is 6.86. The highest BCUT2D eigenvalue weighted by Gasteiger charge is 2.23. The predicted octanol–water partition coefficient (Wildman–Crippen LogP) is 16.7. The summed E-state index contributed by atoms with van der Waals surface area (Å²) in [6, 6.07) is 81.2. The Bertz CT molecular complexity index is 3580. The summed E-state index contributed by atoms with van der Waals surface area (Å²) in [5.41, 5.74) is 11.9. The average Bonchev–Trinajstić information content (AvgIpc) is 3.72. The zero-order valence-electron chi connectivity index (χ0n) is 32.7. The van der Waals surface area contributed by atoms with Gasteiger partial charge in [0.05, 0.1) is 11.1 Å². The van der Waals surface area contributed by atoms with Gasteiger partial charge >= 0.3 is 0 Å². The number of hydrogen-bond donors (Lipinski definition) is 0. The molecule has 0 saturated heterocycles. The van der Waals surface area contributed by atoms with Gasteiger partial charge in [-0.3, -0.25) is 0 Å². The van der Waals surface area contributed by atoms with E-state index in [1.807, 2.05) is 0 Å². The molecule has 0 aliphatic carbocycles. The number of nitrogens with zero attached hydrogens (tertiary/aromatic N) is 1. The van der Waals surface area contributed by atoms with Crippen LogP contribution in [0.15, 0.2) is 229 Å². The molecule has 0 saturated carbocycles. The van der Waals surface area contributed by atoms with Gasteiger partial charge in [-0.25, -0.2) is 0 Å². The Kier molecular flexibility index (Phi) is 7.89. The predicted molar refractivity (Wildman–Crippen MR) is 255 cm³/mol. The van der Waals surface area contributed by atoms with Crippen molar-refractivity contribution in [3.8, 4) is 33.4 Å². The standard InChI is InChI=1S/C58H37NO/c1-2-12-38(13-3-1)39-22-24-41(25-23-39)50-34-35-55(57-53-20-10-11-21-56(53)60-58(50)57)59(46-32-33-49-44(36-46)27-26-40-14-4-6-16-47(40)49)45-30-28-42(29-31-45)54-37-43-15-5-7-17-48(43)51-18-8-9-19-52(51)54/h1-37H. The van der Waals surface area contributed by atoms with Crippen LogP contribution in [0.25, 0.3) is 98.4 Å². The van der Waals surface area contributed by atoms with Crippen molar-refractivity contribution in [2.24, 2.45) is 0 Å². The molecule has 0 aliphatic heterocycles. The van der Waals surface area contributed by atoms with Crippen molar-refractivity contribution < 1.29 is 4.42 Å². The smallest absolute Gasteiger partial charge is 0.145 e. The van der Waals surface area contributed by atoms with Crippen molar-refractivity contribution in [3.63, 3.8) is 0 Å². The van der Waals surface area contributed by atoms with E-state index in [1.54, 1.807) is 0 Å². The van der Waals surface area contributed by atoms with Gasteiger partial charge in [-0.2, -0.15) is 0 Å². The van der Waals surface area contributed by atoms with Crippen LogP contribution in [-0.2, 0) is 0 Å². The molecule has 12 rings (SSSR count). The fourth-order valence-corrected chi connectivity index (χ4v) is 9.35. The number of fused-ring (bicyclic) bond motifs is 9. The first-order valence-corrected chi connectivity index (χ1v) is 20.6. The van der Waals surface area contributed by atoms with Crippen molar-refractivity contribution in [3.05, 3.63) is 224 Å². The quantitative estimate of drug-likeness (QED) is 0.157. The molecule has 0 spiro atoms. The van der Waals surface area contributed by atoms with Crippen LogP contribution in [0.5, 0.6) is 0 Å². The van der Waals surface area contributed by atoms with Gasteiger partial charge < -0.3 is 9.32 Å².